The first-order valence-corrected chi connectivity index (χ1v) is 6.66. The zero-order chi connectivity index (χ0) is 14.7. The van der Waals surface area contributed by atoms with Crippen molar-refractivity contribution < 1.29 is 4.92 Å². The van der Waals surface area contributed by atoms with Crippen LogP contribution in [0.2, 0.25) is 10.0 Å². The molecule has 0 aliphatic carbocycles. The lowest BCUT2D eigenvalue weighted by atomic mass is 10.1. The number of nitro groups is 1. The number of halogens is 2. The van der Waals surface area contributed by atoms with Crippen molar-refractivity contribution in [2.24, 2.45) is 0 Å². The van der Waals surface area contributed by atoms with Gasteiger partial charge in [0.05, 0.1) is 4.92 Å². The van der Waals surface area contributed by atoms with Crippen molar-refractivity contribution >= 4 is 34.6 Å². The lowest BCUT2D eigenvalue weighted by Crippen LogP contribution is -2.04. The molecule has 0 atom stereocenters. The van der Waals surface area contributed by atoms with Gasteiger partial charge in [-0.25, -0.2) is 0 Å². The summed E-state index contributed by atoms with van der Waals surface area (Å²) in [7, 11) is 0. The topological polar surface area (TPSA) is 55.2 Å². The van der Waals surface area contributed by atoms with Crippen LogP contribution in [0.4, 0.5) is 11.4 Å². The number of nitro benzene ring substituents is 1. The number of nitrogens with zero attached hydrogens (tertiary/aromatic N) is 1. The molecule has 0 spiro atoms. The molecule has 2 aromatic carbocycles. The van der Waals surface area contributed by atoms with E-state index in [-0.39, 0.29) is 5.69 Å². The fraction of sp³-hybridized carbons (Fsp3) is 0.143. The number of benzene rings is 2. The second kappa shape index (κ2) is 6.11. The minimum Gasteiger partial charge on any atom is -0.380 e. The van der Waals surface area contributed by atoms with Crippen molar-refractivity contribution in [3.8, 4) is 0 Å². The van der Waals surface area contributed by atoms with Gasteiger partial charge in [-0.2, -0.15) is 0 Å². The third-order valence-electron chi connectivity index (χ3n) is 2.91. The van der Waals surface area contributed by atoms with E-state index >= 15 is 0 Å². The molecule has 0 aromatic heterocycles. The predicted molar refractivity (Wildman–Crippen MR) is 81.6 cm³/mol. The monoisotopic (exact) mass is 310 g/mol. The van der Waals surface area contributed by atoms with Gasteiger partial charge in [-0.15, -0.1) is 0 Å². The van der Waals surface area contributed by atoms with Gasteiger partial charge in [-0.1, -0.05) is 29.3 Å². The number of hydrogen-bond acceptors (Lipinski definition) is 3. The van der Waals surface area contributed by atoms with Crippen LogP contribution in [-0.4, -0.2) is 4.92 Å². The fourth-order valence-corrected chi connectivity index (χ4v) is 2.17. The van der Waals surface area contributed by atoms with E-state index in [1.807, 2.05) is 13.0 Å². The summed E-state index contributed by atoms with van der Waals surface area (Å²) in [6.45, 7) is 2.27. The van der Waals surface area contributed by atoms with Crippen LogP contribution in [0.25, 0.3) is 0 Å². The first-order valence-electron chi connectivity index (χ1n) is 5.90. The molecule has 2 aromatic rings. The van der Waals surface area contributed by atoms with Crippen molar-refractivity contribution in [3.63, 3.8) is 0 Å². The Balaban J connectivity index is 2.23. The van der Waals surface area contributed by atoms with E-state index < -0.39 is 4.92 Å². The van der Waals surface area contributed by atoms with Crippen LogP contribution in [-0.2, 0) is 6.54 Å². The van der Waals surface area contributed by atoms with Crippen LogP contribution in [0, 0.1) is 17.0 Å². The number of hydrogen-bond donors (Lipinski definition) is 1. The van der Waals surface area contributed by atoms with Crippen LogP contribution in [0.15, 0.2) is 36.4 Å². The Morgan fingerprint density at radius 3 is 2.50 bits per heavy atom. The molecule has 4 nitrogen and oxygen atoms in total. The highest BCUT2D eigenvalue weighted by molar-refractivity contribution is 6.31. The number of nitrogens with one attached hydrogen (secondary N) is 1. The van der Waals surface area contributed by atoms with Crippen molar-refractivity contribution in [2.45, 2.75) is 13.5 Å². The summed E-state index contributed by atoms with van der Waals surface area (Å²) in [5.74, 6) is 0. The van der Waals surface area contributed by atoms with Crippen molar-refractivity contribution in [1.29, 1.82) is 0 Å². The highest BCUT2D eigenvalue weighted by Crippen LogP contribution is 2.25. The molecule has 6 heteroatoms. The molecular formula is C14H12Cl2N2O2. The molecule has 0 aliphatic rings. The van der Waals surface area contributed by atoms with Crippen molar-refractivity contribution in [2.75, 3.05) is 5.32 Å². The maximum atomic E-state index is 11.0. The normalized spacial score (nSPS) is 10.3. The predicted octanol–water partition coefficient (Wildman–Crippen LogP) is 4.82. The highest BCUT2D eigenvalue weighted by Gasteiger charge is 2.14. The van der Waals surface area contributed by atoms with Gasteiger partial charge in [0.1, 0.15) is 0 Å². The van der Waals surface area contributed by atoms with Crippen LogP contribution < -0.4 is 5.32 Å². The summed E-state index contributed by atoms with van der Waals surface area (Å²) < 4.78 is 0. The van der Waals surface area contributed by atoms with Crippen molar-refractivity contribution in [1.82, 2.24) is 0 Å². The van der Waals surface area contributed by atoms with E-state index in [0.717, 1.165) is 11.3 Å². The third kappa shape index (κ3) is 3.40. The molecule has 0 saturated heterocycles. The van der Waals surface area contributed by atoms with E-state index in [1.165, 1.54) is 6.07 Å². The average Bonchev–Trinajstić information content (AvgIpc) is 2.40. The van der Waals surface area contributed by atoms with Gasteiger partial charge in [0.2, 0.25) is 0 Å². The largest absolute Gasteiger partial charge is 0.380 e. The molecule has 0 amide bonds. The SMILES string of the molecule is Cc1ccc(Cl)cc1NCc1ccc(Cl)cc1[N+](=O)[O-]. The number of aryl methyl sites for hydroxylation is 1. The van der Waals surface area contributed by atoms with E-state index in [9.17, 15) is 10.1 Å². The Labute approximate surface area is 126 Å². The summed E-state index contributed by atoms with van der Waals surface area (Å²) in [4.78, 5) is 10.6. The lowest BCUT2D eigenvalue weighted by molar-refractivity contribution is -0.385. The molecule has 0 fully saturated rings. The summed E-state index contributed by atoms with van der Waals surface area (Å²) in [5, 5.41) is 15.1. The second-order valence-electron chi connectivity index (χ2n) is 4.34. The van der Waals surface area contributed by atoms with E-state index in [4.69, 9.17) is 23.2 Å². The van der Waals surface area contributed by atoms with Gasteiger partial charge < -0.3 is 5.32 Å². The van der Waals surface area contributed by atoms with Gasteiger partial charge in [-0.3, -0.25) is 10.1 Å². The molecule has 0 saturated carbocycles. The minimum absolute atomic E-state index is 0.00433. The molecule has 0 bridgehead atoms. The third-order valence-corrected chi connectivity index (χ3v) is 3.38. The first-order chi connectivity index (χ1) is 9.47. The van der Waals surface area contributed by atoms with E-state index in [2.05, 4.69) is 5.32 Å². The summed E-state index contributed by atoms with van der Waals surface area (Å²) in [5.41, 5.74) is 2.44. The quantitative estimate of drug-likeness (QED) is 0.650. The number of rotatable bonds is 4. The smallest absolute Gasteiger partial charge is 0.275 e. The molecule has 0 aliphatic heterocycles. The molecule has 2 rings (SSSR count). The Kier molecular flexibility index (Phi) is 4.47. The van der Waals surface area contributed by atoms with Gasteiger partial charge in [0, 0.05) is 33.9 Å². The first kappa shape index (κ1) is 14.6. The van der Waals surface area contributed by atoms with Crippen LogP contribution in [0.5, 0.6) is 0 Å². The molecule has 0 heterocycles. The van der Waals surface area contributed by atoms with E-state index in [1.54, 1.807) is 24.3 Å². The average molecular weight is 311 g/mol. The fourth-order valence-electron chi connectivity index (χ4n) is 1.83. The number of anilines is 1. The maximum Gasteiger partial charge on any atom is 0.275 e. The van der Waals surface area contributed by atoms with Gasteiger partial charge >= 0.3 is 0 Å². The molecular weight excluding hydrogens is 299 g/mol. The molecule has 104 valence electrons. The molecule has 20 heavy (non-hydrogen) atoms. The van der Waals surface area contributed by atoms with Crippen LogP contribution in [0.1, 0.15) is 11.1 Å². The van der Waals surface area contributed by atoms with Crippen LogP contribution in [0.3, 0.4) is 0 Å². The molecule has 1 N–H and O–H groups in total. The van der Waals surface area contributed by atoms with Gasteiger partial charge in [0.15, 0.2) is 0 Å². The summed E-state index contributed by atoms with van der Waals surface area (Å²) >= 11 is 11.7. The van der Waals surface area contributed by atoms with E-state index in [0.29, 0.717) is 22.2 Å². The zero-order valence-electron chi connectivity index (χ0n) is 10.7. The van der Waals surface area contributed by atoms with Crippen LogP contribution >= 0.6 is 23.2 Å². The Morgan fingerprint density at radius 2 is 1.80 bits per heavy atom. The second-order valence-corrected chi connectivity index (χ2v) is 5.22. The Hall–Kier alpha value is -1.78. The maximum absolute atomic E-state index is 11.0. The minimum atomic E-state index is -0.437. The molecule has 0 unspecified atom stereocenters. The molecule has 0 radical (unpaired) electrons. The zero-order valence-corrected chi connectivity index (χ0v) is 12.2. The summed E-state index contributed by atoms with van der Waals surface area (Å²) in [6.07, 6.45) is 0. The summed E-state index contributed by atoms with van der Waals surface area (Å²) in [6, 6.07) is 10.1. The highest BCUT2D eigenvalue weighted by atomic mass is 35.5. The Bertz CT molecular complexity index is 660. The van der Waals surface area contributed by atoms with Crippen molar-refractivity contribution in [3.05, 3.63) is 67.7 Å². The standard InChI is InChI=1S/C14H12Cl2N2O2/c1-9-2-4-11(15)6-13(9)17-8-10-3-5-12(16)7-14(10)18(19)20/h2-7,17H,8H2,1H3. The van der Waals surface area contributed by atoms with Gasteiger partial charge in [0.25, 0.3) is 5.69 Å². The van der Waals surface area contributed by atoms with Gasteiger partial charge in [-0.05, 0) is 36.8 Å². The lowest BCUT2D eigenvalue weighted by Gasteiger charge is -2.10. The Morgan fingerprint density at radius 1 is 1.15 bits per heavy atom.